The van der Waals surface area contributed by atoms with Crippen molar-refractivity contribution >= 4 is 17.7 Å². The maximum absolute atomic E-state index is 10.8. The zero-order chi connectivity index (χ0) is 11.1. The van der Waals surface area contributed by atoms with Gasteiger partial charge in [-0.05, 0) is 24.5 Å². The van der Waals surface area contributed by atoms with Gasteiger partial charge in [0.15, 0.2) is 0 Å². The molecule has 0 spiro atoms. The molecule has 0 aromatic heterocycles. The molecule has 0 saturated heterocycles. The molecule has 0 saturated carbocycles. The Morgan fingerprint density at radius 1 is 1.53 bits per heavy atom. The first-order valence-electron chi connectivity index (χ1n) is 4.46. The molecule has 0 aliphatic carbocycles. The molecule has 2 nitrogen and oxygen atoms in total. The standard InChI is InChI=1S/C12H12O2S/c1-14-12(13)8-4-6-10-5-3-7-11(9-10)15-2/h3,5,7,9H,8H2,1-2H3. The van der Waals surface area contributed by atoms with E-state index in [1.54, 1.807) is 11.8 Å². The van der Waals surface area contributed by atoms with Crippen LogP contribution in [-0.4, -0.2) is 19.3 Å². The van der Waals surface area contributed by atoms with Crippen LogP contribution in [0.1, 0.15) is 12.0 Å². The first-order valence-corrected chi connectivity index (χ1v) is 5.68. The monoisotopic (exact) mass is 220 g/mol. The minimum absolute atomic E-state index is 0.139. The molecule has 0 N–H and O–H groups in total. The Kier molecular flexibility index (Phi) is 4.79. The van der Waals surface area contributed by atoms with Crippen molar-refractivity contribution < 1.29 is 9.53 Å². The molecular weight excluding hydrogens is 208 g/mol. The smallest absolute Gasteiger partial charge is 0.317 e. The van der Waals surface area contributed by atoms with Gasteiger partial charge in [0.2, 0.25) is 0 Å². The summed E-state index contributed by atoms with van der Waals surface area (Å²) < 4.78 is 4.49. The molecule has 1 rings (SSSR count). The number of hydrogen-bond donors (Lipinski definition) is 0. The summed E-state index contributed by atoms with van der Waals surface area (Å²) in [4.78, 5) is 12.0. The quantitative estimate of drug-likeness (QED) is 0.434. The van der Waals surface area contributed by atoms with Gasteiger partial charge in [-0.1, -0.05) is 17.9 Å². The molecular formula is C12H12O2S. The van der Waals surface area contributed by atoms with E-state index in [0.717, 1.165) is 5.56 Å². The van der Waals surface area contributed by atoms with E-state index in [1.165, 1.54) is 12.0 Å². The maximum Gasteiger partial charge on any atom is 0.317 e. The largest absolute Gasteiger partial charge is 0.468 e. The fourth-order valence-electron chi connectivity index (χ4n) is 0.991. The summed E-state index contributed by atoms with van der Waals surface area (Å²) in [6.07, 6.45) is 2.15. The average molecular weight is 220 g/mol. The van der Waals surface area contributed by atoms with Gasteiger partial charge in [-0.3, -0.25) is 4.79 Å². The minimum Gasteiger partial charge on any atom is -0.468 e. The lowest BCUT2D eigenvalue weighted by atomic mass is 10.2. The van der Waals surface area contributed by atoms with Crippen LogP contribution in [0, 0.1) is 11.8 Å². The SMILES string of the molecule is COC(=O)CC#Cc1cccc(SC)c1. The van der Waals surface area contributed by atoms with Gasteiger partial charge in [-0.15, -0.1) is 11.8 Å². The topological polar surface area (TPSA) is 26.3 Å². The number of thioether (sulfide) groups is 1. The van der Waals surface area contributed by atoms with Crippen molar-refractivity contribution in [3.63, 3.8) is 0 Å². The average Bonchev–Trinajstić information content (AvgIpc) is 2.29. The van der Waals surface area contributed by atoms with Crippen molar-refractivity contribution in [2.45, 2.75) is 11.3 Å². The molecule has 1 aromatic carbocycles. The van der Waals surface area contributed by atoms with Crippen LogP contribution >= 0.6 is 11.8 Å². The summed E-state index contributed by atoms with van der Waals surface area (Å²) in [5, 5.41) is 0. The van der Waals surface area contributed by atoms with E-state index >= 15 is 0 Å². The number of hydrogen-bond acceptors (Lipinski definition) is 3. The summed E-state index contributed by atoms with van der Waals surface area (Å²) >= 11 is 1.67. The van der Waals surface area contributed by atoms with Gasteiger partial charge in [0, 0.05) is 10.5 Å². The van der Waals surface area contributed by atoms with Crippen molar-refractivity contribution in [1.29, 1.82) is 0 Å². The zero-order valence-corrected chi connectivity index (χ0v) is 9.56. The molecule has 3 heteroatoms. The predicted octanol–water partition coefficient (Wildman–Crippen LogP) is 2.32. The number of benzene rings is 1. The normalized spacial score (nSPS) is 8.93. The maximum atomic E-state index is 10.8. The van der Waals surface area contributed by atoms with Crippen LogP contribution in [0.5, 0.6) is 0 Å². The van der Waals surface area contributed by atoms with Gasteiger partial charge in [0.25, 0.3) is 0 Å². The van der Waals surface area contributed by atoms with Gasteiger partial charge in [0.05, 0.1) is 7.11 Å². The molecule has 0 heterocycles. The Hall–Kier alpha value is -1.40. The Morgan fingerprint density at radius 2 is 2.33 bits per heavy atom. The van der Waals surface area contributed by atoms with E-state index in [0.29, 0.717) is 0 Å². The summed E-state index contributed by atoms with van der Waals surface area (Å²) in [7, 11) is 1.36. The van der Waals surface area contributed by atoms with Gasteiger partial charge >= 0.3 is 5.97 Å². The highest BCUT2D eigenvalue weighted by Crippen LogP contribution is 2.14. The van der Waals surface area contributed by atoms with Crippen LogP contribution in [0.15, 0.2) is 29.2 Å². The van der Waals surface area contributed by atoms with Gasteiger partial charge < -0.3 is 4.74 Å². The molecule has 0 fully saturated rings. The van der Waals surface area contributed by atoms with Crippen molar-refractivity contribution in [3.05, 3.63) is 29.8 Å². The molecule has 0 amide bonds. The molecule has 0 aliphatic rings. The molecule has 0 bridgehead atoms. The summed E-state index contributed by atoms with van der Waals surface area (Å²) in [5.74, 6) is 5.39. The highest BCUT2D eigenvalue weighted by Gasteiger charge is 1.94. The number of rotatable bonds is 2. The van der Waals surface area contributed by atoms with Crippen LogP contribution in [0.2, 0.25) is 0 Å². The predicted molar refractivity (Wildman–Crippen MR) is 61.7 cm³/mol. The Labute approximate surface area is 94.0 Å². The van der Waals surface area contributed by atoms with Gasteiger partial charge in [-0.25, -0.2) is 0 Å². The fraction of sp³-hybridized carbons (Fsp3) is 0.250. The molecule has 0 unspecified atom stereocenters. The van der Waals surface area contributed by atoms with E-state index < -0.39 is 0 Å². The Morgan fingerprint density at radius 3 is 3.00 bits per heavy atom. The van der Waals surface area contributed by atoms with Crippen LogP contribution in [0.25, 0.3) is 0 Å². The number of ether oxygens (including phenoxy) is 1. The highest BCUT2D eigenvalue weighted by atomic mass is 32.2. The lowest BCUT2D eigenvalue weighted by molar-refractivity contribution is -0.139. The second-order valence-corrected chi connectivity index (χ2v) is 3.67. The van der Waals surface area contributed by atoms with Gasteiger partial charge in [0.1, 0.15) is 6.42 Å². The third-order valence-electron chi connectivity index (χ3n) is 1.76. The van der Waals surface area contributed by atoms with Crippen LogP contribution in [0.3, 0.4) is 0 Å². The number of methoxy groups -OCH3 is 1. The van der Waals surface area contributed by atoms with E-state index in [1.807, 2.05) is 30.5 Å². The second-order valence-electron chi connectivity index (χ2n) is 2.79. The zero-order valence-electron chi connectivity index (χ0n) is 8.74. The summed E-state index contributed by atoms with van der Waals surface area (Å²) in [5.41, 5.74) is 0.922. The van der Waals surface area contributed by atoms with E-state index in [2.05, 4.69) is 16.6 Å². The first kappa shape index (κ1) is 11.7. The lowest BCUT2D eigenvalue weighted by Gasteiger charge is -1.95. The van der Waals surface area contributed by atoms with Gasteiger partial charge in [-0.2, -0.15) is 0 Å². The lowest BCUT2D eigenvalue weighted by Crippen LogP contribution is -1.96. The van der Waals surface area contributed by atoms with Crippen LogP contribution in [-0.2, 0) is 9.53 Å². The molecule has 0 atom stereocenters. The summed E-state index contributed by atoms with van der Waals surface area (Å²) in [6, 6.07) is 7.89. The highest BCUT2D eigenvalue weighted by molar-refractivity contribution is 7.98. The van der Waals surface area contributed by atoms with Crippen molar-refractivity contribution in [2.24, 2.45) is 0 Å². The second kappa shape index (κ2) is 6.15. The Bertz CT molecular complexity index is 402. The molecule has 78 valence electrons. The summed E-state index contributed by atoms with van der Waals surface area (Å²) in [6.45, 7) is 0. The van der Waals surface area contributed by atoms with Crippen molar-refractivity contribution in [2.75, 3.05) is 13.4 Å². The third-order valence-corrected chi connectivity index (χ3v) is 2.49. The molecule has 0 aliphatic heterocycles. The molecule has 15 heavy (non-hydrogen) atoms. The van der Waals surface area contributed by atoms with Crippen LogP contribution in [0.4, 0.5) is 0 Å². The first-order chi connectivity index (χ1) is 7.26. The van der Waals surface area contributed by atoms with E-state index in [9.17, 15) is 4.79 Å². The number of esters is 1. The minimum atomic E-state index is -0.302. The Balaban J connectivity index is 2.67. The van der Waals surface area contributed by atoms with E-state index in [-0.39, 0.29) is 12.4 Å². The molecule has 1 aromatic rings. The molecule has 0 radical (unpaired) electrons. The number of carbonyl (C=O) groups is 1. The van der Waals surface area contributed by atoms with Crippen molar-refractivity contribution in [3.8, 4) is 11.8 Å². The van der Waals surface area contributed by atoms with Crippen LogP contribution < -0.4 is 0 Å². The van der Waals surface area contributed by atoms with E-state index in [4.69, 9.17) is 0 Å². The fourth-order valence-corrected chi connectivity index (χ4v) is 1.45. The third kappa shape index (κ3) is 4.09. The van der Waals surface area contributed by atoms with Crippen molar-refractivity contribution in [1.82, 2.24) is 0 Å². The number of carbonyl (C=O) groups excluding carboxylic acids is 1.